The van der Waals surface area contributed by atoms with Crippen molar-refractivity contribution in [3.8, 4) is 5.75 Å². The van der Waals surface area contributed by atoms with E-state index in [1.54, 1.807) is 12.1 Å². The summed E-state index contributed by atoms with van der Waals surface area (Å²) < 4.78 is 1.13. The molecule has 0 radical (unpaired) electrons. The third-order valence-corrected chi connectivity index (χ3v) is 4.24. The molecule has 2 aromatic rings. The summed E-state index contributed by atoms with van der Waals surface area (Å²) in [4.78, 5) is 0. The van der Waals surface area contributed by atoms with E-state index >= 15 is 0 Å². The van der Waals surface area contributed by atoms with Crippen molar-refractivity contribution in [2.45, 2.75) is 32.7 Å². The monoisotopic (exact) mass is 333 g/mol. The van der Waals surface area contributed by atoms with Crippen molar-refractivity contribution in [2.75, 3.05) is 5.32 Å². The van der Waals surface area contributed by atoms with Gasteiger partial charge in [0.15, 0.2) is 0 Å². The maximum atomic E-state index is 9.26. The van der Waals surface area contributed by atoms with Crippen molar-refractivity contribution in [3.63, 3.8) is 0 Å². The van der Waals surface area contributed by atoms with E-state index in [0.29, 0.717) is 11.8 Å². The number of hydrogen-bond donors (Lipinski definition) is 2. The lowest BCUT2D eigenvalue weighted by molar-refractivity contribution is 0.475. The molecule has 2 rings (SSSR count). The minimum absolute atomic E-state index is 0.324. The second-order valence-electron chi connectivity index (χ2n) is 5.21. The predicted octanol–water partition coefficient (Wildman–Crippen LogP) is 4.90. The highest BCUT2D eigenvalue weighted by Gasteiger charge is 2.04. The smallest absolute Gasteiger partial charge is 0.115 e. The number of phenols is 1. The van der Waals surface area contributed by atoms with E-state index in [4.69, 9.17) is 0 Å². The predicted molar refractivity (Wildman–Crippen MR) is 88.4 cm³/mol. The number of benzene rings is 2. The van der Waals surface area contributed by atoms with Crippen LogP contribution in [0.2, 0.25) is 0 Å². The number of aromatic hydroxyl groups is 1. The maximum Gasteiger partial charge on any atom is 0.115 e. The molecule has 0 heterocycles. The minimum atomic E-state index is 0.324. The van der Waals surface area contributed by atoms with Gasteiger partial charge in [-0.15, -0.1) is 0 Å². The molecule has 3 heteroatoms. The highest BCUT2D eigenvalue weighted by Crippen LogP contribution is 2.21. The molecule has 0 spiro atoms. The molecule has 2 nitrogen and oxygen atoms in total. The van der Waals surface area contributed by atoms with Gasteiger partial charge < -0.3 is 10.4 Å². The maximum absolute atomic E-state index is 9.26. The Morgan fingerprint density at radius 2 is 1.85 bits per heavy atom. The lowest BCUT2D eigenvalue weighted by Gasteiger charge is -2.16. The Balaban J connectivity index is 1.87. The number of phenolic OH excluding ortho intramolecular Hbond substituents is 1. The standard InChI is InChI=1S/C17H20BrNO/c1-12-3-8-15(11-17(12)18)19-13(2)4-5-14-6-9-16(20)10-7-14/h3,6-11,13,19-20H,4-5H2,1-2H3. The topological polar surface area (TPSA) is 32.3 Å². The molecule has 106 valence electrons. The Kier molecular flexibility index (Phi) is 5.07. The van der Waals surface area contributed by atoms with E-state index in [9.17, 15) is 5.11 Å². The van der Waals surface area contributed by atoms with Crippen molar-refractivity contribution in [1.82, 2.24) is 0 Å². The van der Waals surface area contributed by atoms with Crippen LogP contribution < -0.4 is 5.32 Å². The second kappa shape index (κ2) is 6.80. The van der Waals surface area contributed by atoms with E-state index < -0.39 is 0 Å². The molecule has 0 saturated heterocycles. The van der Waals surface area contributed by atoms with Gasteiger partial charge in [-0.05, 0) is 62.1 Å². The van der Waals surface area contributed by atoms with Crippen molar-refractivity contribution in [3.05, 3.63) is 58.1 Å². The molecule has 1 atom stereocenters. The number of aryl methyl sites for hydroxylation is 2. The van der Waals surface area contributed by atoms with Gasteiger partial charge in [-0.1, -0.05) is 34.1 Å². The first-order valence-electron chi connectivity index (χ1n) is 6.85. The number of halogens is 1. The first kappa shape index (κ1) is 14.9. The van der Waals surface area contributed by atoms with Crippen LogP contribution in [0.15, 0.2) is 46.9 Å². The zero-order chi connectivity index (χ0) is 14.5. The van der Waals surface area contributed by atoms with Gasteiger partial charge >= 0.3 is 0 Å². The van der Waals surface area contributed by atoms with E-state index in [0.717, 1.165) is 23.0 Å². The summed E-state index contributed by atoms with van der Waals surface area (Å²) in [5.41, 5.74) is 3.63. The molecule has 20 heavy (non-hydrogen) atoms. The van der Waals surface area contributed by atoms with Gasteiger partial charge in [0.25, 0.3) is 0 Å². The summed E-state index contributed by atoms with van der Waals surface area (Å²) in [6.07, 6.45) is 2.05. The van der Waals surface area contributed by atoms with Gasteiger partial charge in [0.2, 0.25) is 0 Å². The van der Waals surface area contributed by atoms with E-state index in [1.807, 2.05) is 12.1 Å². The van der Waals surface area contributed by atoms with Crippen LogP contribution in [0.4, 0.5) is 5.69 Å². The molecule has 0 aliphatic carbocycles. The van der Waals surface area contributed by atoms with Gasteiger partial charge in [-0.3, -0.25) is 0 Å². The Bertz CT molecular complexity index is 566. The number of anilines is 1. The molecule has 0 saturated carbocycles. The van der Waals surface area contributed by atoms with Gasteiger partial charge in [0.1, 0.15) is 5.75 Å². The Hall–Kier alpha value is -1.48. The fraction of sp³-hybridized carbons (Fsp3) is 0.294. The Morgan fingerprint density at radius 1 is 1.15 bits per heavy atom. The van der Waals surface area contributed by atoms with Crippen molar-refractivity contribution in [1.29, 1.82) is 0 Å². The summed E-state index contributed by atoms with van der Waals surface area (Å²) >= 11 is 3.55. The van der Waals surface area contributed by atoms with E-state index in [-0.39, 0.29) is 0 Å². The fourth-order valence-electron chi connectivity index (χ4n) is 2.09. The quantitative estimate of drug-likeness (QED) is 0.815. The second-order valence-corrected chi connectivity index (χ2v) is 6.07. The van der Waals surface area contributed by atoms with Crippen molar-refractivity contribution in [2.24, 2.45) is 0 Å². The third kappa shape index (κ3) is 4.27. The molecule has 0 fully saturated rings. The van der Waals surface area contributed by atoms with Gasteiger partial charge in [-0.25, -0.2) is 0 Å². The average Bonchev–Trinajstić information content (AvgIpc) is 2.42. The van der Waals surface area contributed by atoms with Crippen LogP contribution in [0.3, 0.4) is 0 Å². The highest BCUT2D eigenvalue weighted by molar-refractivity contribution is 9.10. The van der Waals surface area contributed by atoms with Crippen molar-refractivity contribution < 1.29 is 5.11 Å². The average molecular weight is 334 g/mol. The van der Waals surface area contributed by atoms with Crippen LogP contribution in [0, 0.1) is 6.92 Å². The first-order chi connectivity index (χ1) is 9.54. The summed E-state index contributed by atoms with van der Waals surface area (Å²) in [5.74, 6) is 0.324. The zero-order valence-corrected chi connectivity index (χ0v) is 13.4. The SMILES string of the molecule is Cc1ccc(NC(C)CCc2ccc(O)cc2)cc1Br. The lowest BCUT2D eigenvalue weighted by atomic mass is 10.1. The van der Waals surface area contributed by atoms with Crippen LogP contribution in [0.1, 0.15) is 24.5 Å². The van der Waals surface area contributed by atoms with Crippen LogP contribution in [0.25, 0.3) is 0 Å². The van der Waals surface area contributed by atoms with E-state index in [1.165, 1.54) is 11.1 Å². The summed E-state index contributed by atoms with van der Waals surface area (Å²) in [7, 11) is 0. The molecule has 0 aliphatic rings. The van der Waals surface area contributed by atoms with Crippen LogP contribution in [0.5, 0.6) is 5.75 Å². The molecule has 2 N–H and O–H groups in total. The fourth-order valence-corrected chi connectivity index (χ4v) is 2.46. The van der Waals surface area contributed by atoms with Crippen LogP contribution in [-0.4, -0.2) is 11.1 Å². The van der Waals surface area contributed by atoms with Gasteiger partial charge in [0, 0.05) is 16.2 Å². The summed E-state index contributed by atoms with van der Waals surface area (Å²) in [6, 6.07) is 14.2. The van der Waals surface area contributed by atoms with Crippen molar-refractivity contribution >= 4 is 21.6 Å². The van der Waals surface area contributed by atoms with Gasteiger partial charge in [0.05, 0.1) is 0 Å². The third-order valence-electron chi connectivity index (χ3n) is 3.39. The molecule has 0 bridgehead atoms. The molecule has 0 aromatic heterocycles. The summed E-state index contributed by atoms with van der Waals surface area (Å²) in [5, 5.41) is 12.8. The molecule has 1 unspecified atom stereocenters. The molecule has 0 aliphatic heterocycles. The molecular weight excluding hydrogens is 314 g/mol. The summed E-state index contributed by atoms with van der Waals surface area (Å²) in [6.45, 7) is 4.27. The normalized spacial score (nSPS) is 12.2. The Labute approximate surface area is 129 Å². The minimum Gasteiger partial charge on any atom is -0.508 e. The molecular formula is C17H20BrNO. The largest absolute Gasteiger partial charge is 0.508 e. The number of rotatable bonds is 5. The number of nitrogens with one attached hydrogen (secondary N) is 1. The number of hydrogen-bond acceptors (Lipinski definition) is 2. The van der Waals surface area contributed by atoms with Gasteiger partial charge in [-0.2, -0.15) is 0 Å². The Morgan fingerprint density at radius 3 is 2.50 bits per heavy atom. The van der Waals surface area contributed by atoms with E-state index in [2.05, 4.69) is 53.3 Å². The highest BCUT2D eigenvalue weighted by atomic mass is 79.9. The first-order valence-corrected chi connectivity index (χ1v) is 7.64. The van der Waals surface area contributed by atoms with Crippen LogP contribution >= 0.6 is 15.9 Å². The lowest BCUT2D eigenvalue weighted by Crippen LogP contribution is -2.16. The molecule has 0 amide bonds. The van der Waals surface area contributed by atoms with Crippen LogP contribution in [-0.2, 0) is 6.42 Å². The molecule has 2 aromatic carbocycles. The zero-order valence-electron chi connectivity index (χ0n) is 11.9.